The van der Waals surface area contributed by atoms with E-state index in [0.717, 1.165) is 23.4 Å². The van der Waals surface area contributed by atoms with E-state index in [9.17, 15) is 9.59 Å². The summed E-state index contributed by atoms with van der Waals surface area (Å²) in [4.78, 5) is 27.5. The molecule has 24 heavy (non-hydrogen) atoms. The van der Waals surface area contributed by atoms with Gasteiger partial charge >= 0.3 is 0 Å². The number of hydrogen-bond acceptors (Lipinski definition) is 5. The van der Waals surface area contributed by atoms with Gasteiger partial charge in [-0.1, -0.05) is 5.21 Å². The van der Waals surface area contributed by atoms with E-state index in [1.807, 2.05) is 18.2 Å². The van der Waals surface area contributed by atoms with Crippen LogP contribution in [-0.2, 0) is 17.8 Å². The van der Waals surface area contributed by atoms with Crippen LogP contribution < -0.4 is 9.64 Å². The van der Waals surface area contributed by atoms with Crippen LogP contribution in [0.25, 0.3) is 0 Å². The molecule has 0 fully saturated rings. The summed E-state index contributed by atoms with van der Waals surface area (Å²) >= 11 is 0. The largest absolute Gasteiger partial charge is 0.497 e. The van der Waals surface area contributed by atoms with Gasteiger partial charge in [-0.15, -0.1) is 5.10 Å². The van der Waals surface area contributed by atoms with Crippen molar-refractivity contribution in [3.8, 4) is 5.75 Å². The van der Waals surface area contributed by atoms with Crippen molar-refractivity contribution in [1.29, 1.82) is 0 Å². The van der Waals surface area contributed by atoms with Gasteiger partial charge in [-0.05, 0) is 30.2 Å². The molecule has 0 radical (unpaired) electrons. The van der Waals surface area contributed by atoms with Crippen molar-refractivity contribution in [1.82, 2.24) is 19.9 Å². The Morgan fingerprint density at radius 1 is 1.33 bits per heavy atom. The number of carbonyl (C=O) groups excluding carboxylic acids is 2. The van der Waals surface area contributed by atoms with E-state index < -0.39 is 0 Å². The zero-order chi connectivity index (χ0) is 17.3. The first-order valence-electron chi connectivity index (χ1n) is 7.58. The number of amides is 2. The Labute approximate surface area is 139 Å². The lowest BCUT2D eigenvalue weighted by atomic mass is 10.1. The van der Waals surface area contributed by atoms with Crippen molar-refractivity contribution in [3.63, 3.8) is 0 Å². The Hall–Kier alpha value is -2.90. The van der Waals surface area contributed by atoms with E-state index in [1.54, 1.807) is 26.1 Å². The molecule has 1 aromatic heterocycles. The molecule has 2 amide bonds. The lowest BCUT2D eigenvalue weighted by Gasteiger charge is -2.15. The zero-order valence-corrected chi connectivity index (χ0v) is 13.9. The number of nitrogens with zero attached hydrogens (tertiary/aromatic N) is 5. The number of rotatable bonds is 4. The van der Waals surface area contributed by atoms with Gasteiger partial charge in [-0.2, -0.15) is 0 Å². The number of methoxy groups -OCH3 is 1. The van der Waals surface area contributed by atoms with Gasteiger partial charge in [0.05, 0.1) is 13.3 Å². The Morgan fingerprint density at radius 2 is 2.12 bits per heavy atom. The van der Waals surface area contributed by atoms with Gasteiger partial charge in [0.1, 0.15) is 12.3 Å². The molecule has 0 unspecified atom stereocenters. The Bertz CT molecular complexity index is 784. The zero-order valence-electron chi connectivity index (χ0n) is 13.9. The second-order valence-corrected chi connectivity index (χ2v) is 5.79. The standard InChI is InChI=1S/C16H19N5O3/c1-19(2)15(22)10-20-9-13(17-18-20)16(23)21-7-6-11-8-12(24-3)4-5-14(11)21/h4-5,8-9H,6-7,10H2,1-3H3. The van der Waals surface area contributed by atoms with Crippen molar-refractivity contribution in [3.05, 3.63) is 35.7 Å². The molecule has 2 heterocycles. The molecule has 0 atom stereocenters. The number of anilines is 1. The van der Waals surface area contributed by atoms with Crippen LogP contribution in [0.2, 0.25) is 0 Å². The lowest BCUT2D eigenvalue weighted by Crippen LogP contribution is -2.29. The van der Waals surface area contributed by atoms with Crippen LogP contribution in [0.15, 0.2) is 24.4 Å². The molecule has 8 heteroatoms. The SMILES string of the molecule is COc1ccc2c(c1)CCN2C(=O)c1cn(CC(=O)N(C)C)nn1. The van der Waals surface area contributed by atoms with Gasteiger partial charge in [0.15, 0.2) is 5.69 Å². The molecular weight excluding hydrogens is 310 g/mol. The summed E-state index contributed by atoms with van der Waals surface area (Å²) < 4.78 is 6.59. The quantitative estimate of drug-likeness (QED) is 0.819. The van der Waals surface area contributed by atoms with E-state index in [0.29, 0.717) is 6.54 Å². The van der Waals surface area contributed by atoms with Crippen LogP contribution in [0.5, 0.6) is 5.75 Å². The summed E-state index contributed by atoms with van der Waals surface area (Å²) in [7, 11) is 4.95. The second kappa shape index (κ2) is 6.31. The highest BCUT2D eigenvalue weighted by molar-refractivity contribution is 6.05. The molecule has 8 nitrogen and oxygen atoms in total. The minimum absolute atomic E-state index is 0.0566. The van der Waals surface area contributed by atoms with Crippen molar-refractivity contribution in [2.75, 3.05) is 32.6 Å². The lowest BCUT2D eigenvalue weighted by molar-refractivity contribution is -0.129. The van der Waals surface area contributed by atoms with Gasteiger partial charge in [0.25, 0.3) is 5.91 Å². The molecule has 1 aromatic carbocycles. The molecule has 1 aliphatic rings. The Kier molecular flexibility index (Phi) is 4.20. The topological polar surface area (TPSA) is 80.6 Å². The maximum Gasteiger partial charge on any atom is 0.280 e. The fraction of sp³-hybridized carbons (Fsp3) is 0.375. The first-order valence-corrected chi connectivity index (χ1v) is 7.58. The van der Waals surface area contributed by atoms with Crippen LogP contribution in [0.1, 0.15) is 16.1 Å². The predicted molar refractivity (Wildman–Crippen MR) is 87.1 cm³/mol. The third kappa shape index (κ3) is 2.94. The third-order valence-electron chi connectivity index (χ3n) is 3.98. The van der Waals surface area contributed by atoms with E-state index in [2.05, 4.69) is 10.3 Å². The van der Waals surface area contributed by atoms with Crippen LogP contribution in [-0.4, -0.2) is 59.5 Å². The number of benzene rings is 1. The van der Waals surface area contributed by atoms with Gasteiger partial charge < -0.3 is 14.5 Å². The van der Waals surface area contributed by atoms with E-state index in [4.69, 9.17) is 4.74 Å². The number of carbonyl (C=O) groups is 2. The highest BCUT2D eigenvalue weighted by Gasteiger charge is 2.27. The predicted octanol–water partition coefficient (Wildman–Crippen LogP) is 0.578. The summed E-state index contributed by atoms with van der Waals surface area (Å²) in [6.07, 6.45) is 2.27. The molecule has 0 saturated heterocycles. The molecule has 0 bridgehead atoms. The summed E-state index contributed by atoms with van der Waals surface area (Å²) in [6, 6.07) is 5.64. The molecule has 126 valence electrons. The average molecular weight is 329 g/mol. The Morgan fingerprint density at radius 3 is 2.83 bits per heavy atom. The highest BCUT2D eigenvalue weighted by Crippen LogP contribution is 2.31. The number of aromatic nitrogens is 3. The summed E-state index contributed by atoms with van der Waals surface area (Å²) in [5.41, 5.74) is 2.16. The van der Waals surface area contributed by atoms with Crippen molar-refractivity contribution in [2.45, 2.75) is 13.0 Å². The molecule has 0 aliphatic carbocycles. The van der Waals surface area contributed by atoms with Crippen molar-refractivity contribution < 1.29 is 14.3 Å². The molecule has 1 aliphatic heterocycles. The van der Waals surface area contributed by atoms with Crippen molar-refractivity contribution >= 4 is 17.5 Å². The maximum atomic E-state index is 12.7. The second-order valence-electron chi connectivity index (χ2n) is 5.79. The monoisotopic (exact) mass is 329 g/mol. The minimum Gasteiger partial charge on any atom is -0.497 e. The number of ether oxygens (including phenoxy) is 1. The Balaban J connectivity index is 1.77. The first kappa shape index (κ1) is 16.0. The summed E-state index contributed by atoms with van der Waals surface area (Å²) in [6.45, 7) is 0.645. The van der Waals surface area contributed by atoms with Gasteiger partial charge in [-0.3, -0.25) is 9.59 Å². The number of likely N-dealkylation sites (N-methyl/N-ethyl adjacent to an activating group) is 1. The molecule has 0 saturated carbocycles. The molecule has 2 aromatic rings. The molecule has 3 rings (SSSR count). The third-order valence-corrected chi connectivity index (χ3v) is 3.98. The van der Waals surface area contributed by atoms with Gasteiger partial charge in [-0.25, -0.2) is 4.68 Å². The van der Waals surface area contributed by atoms with Crippen LogP contribution in [0, 0.1) is 0 Å². The van der Waals surface area contributed by atoms with Crippen LogP contribution >= 0.6 is 0 Å². The first-order chi connectivity index (χ1) is 11.5. The molecule has 0 spiro atoms. The van der Waals surface area contributed by atoms with Crippen LogP contribution in [0.4, 0.5) is 5.69 Å². The van der Waals surface area contributed by atoms with Crippen LogP contribution in [0.3, 0.4) is 0 Å². The molecular formula is C16H19N5O3. The van der Waals surface area contributed by atoms with E-state index >= 15 is 0 Å². The van der Waals surface area contributed by atoms with Crippen molar-refractivity contribution in [2.24, 2.45) is 0 Å². The van der Waals surface area contributed by atoms with Gasteiger partial charge in [0.2, 0.25) is 5.91 Å². The number of fused-ring (bicyclic) bond motifs is 1. The van der Waals surface area contributed by atoms with E-state index in [-0.39, 0.29) is 24.1 Å². The minimum atomic E-state index is -0.220. The highest BCUT2D eigenvalue weighted by atomic mass is 16.5. The number of hydrogen-bond donors (Lipinski definition) is 0. The van der Waals surface area contributed by atoms with Gasteiger partial charge in [0, 0.05) is 26.3 Å². The van der Waals surface area contributed by atoms with E-state index in [1.165, 1.54) is 15.8 Å². The normalized spacial score (nSPS) is 12.9. The summed E-state index contributed by atoms with van der Waals surface area (Å²) in [5, 5.41) is 7.77. The molecule has 0 N–H and O–H groups in total. The summed E-state index contributed by atoms with van der Waals surface area (Å²) in [5.74, 6) is 0.441. The fourth-order valence-electron chi connectivity index (χ4n) is 2.61. The average Bonchev–Trinajstić information content (AvgIpc) is 3.20. The fourth-order valence-corrected chi connectivity index (χ4v) is 2.61. The maximum absolute atomic E-state index is 12.7. The smallest absolute Gasteiger partial charge is 0.280 e.